The van der Waals surface area contributed by atoms with E-state index in [1.807, 2.05) is 13.8 Å². The first kappa shape index (κ1) is 14.6. The molecule has 0 amide bonds. The number of thioether (sulfide) groups is 1. The van der Waals surface area contributed by atoms with Gasteiger partial charge in [0.15, 0.2) is 5.82 Å². The van der Waals surface area contributed by atoms with Crippen LogP contribution >= 0.6 is 11.8 Å². The molecule has 0 saturated carbocycles. The fourth-order valence-electron chi connectivity index (χ4n) is 2.02. The predicted octanol–water partition coefficient (Wildman–Crippen LogP) is 2.70. The van der Waals surface area contributed by atoms with Gasteiger partial charge in [0, 0.05) is 16.9 Å². The summed E-state index contributed by atoms with van der Waals surface area (Å²) in [6, 6.07) is 5.96. The van der Waals surface area contributed by atoms with E-state index in [0.717, 1.165) is 17.0 Å². The Kier molecular flexibility index (Phi) is 3.84. The summed E-state index contributed by atoms with van der Waals surface area (Å²) in [6.45, 7) is 3.76. The number of hydrogen-bond donors (Lipinski definition) is 1. The van der Waals surface area contributed by atoms with Gasteiger partial charge in [-0.15, -0.1) is 10.2 Å². The normalized spacial score (nSPS) is 11.0. The maximum Gasteiger partial charge on any atom is 0.210 e. The van der Waals surface area contributed by atoms with E-state index in [9.17, 15) is 4.39 Å². The molecule has 0 fully saturated rings. The molecule has 0 radical (unpaired) electrons. The number of nitrogens with two attached hydrogens (primary N) is 1. The van der Waals surface area contributed by atoms with Crippen molar-refractivity contribution in [1.29, 1.82) is 0 Å². The summed E-state index contributed by atoms with van der Waals surface area (Å²) in [5.41, 5.74) is 2.59. The third-order valence-electron chi connectivity index (χ3n) is 3.29. The summed E-state index contributed by atoms with van der Waals surface area (Å²) in [4.78, 5) is 0. The monoisotopic (exact) mass is 319 g/mol. The predicted molar refractivity (Wildman–Crippen MR) is 81.1 cm³/mol. The summed E-state index contributed by atoms with van der Waals surface area (Å²) in [5, 5.41) is 12.6. The second-order valence-electron chi connectivity index (χ2n) is 4.77. The minimum absolute atomic E-state index is 0.306. The molecule has 8 heteroatoms. The molecule has 1 aromatic carbocycles. The molecule has 2 heterocycles. The van der Waals surface area contributed by atoms with E-state index >= 15 is 0 Å². The summed E-state index contributed by atoms with van der Waals surface area (Å²) < 4.78 is 19.5. The molecule has 0 aliphatic carbocycles. The van der Waals surface area contributed by atoms with Crippen molar-refractivity contribution < 1.29 is 8.91 Å². The Bertz CT molecular complexity index is 777. The van der Waals surface area contributed by atoms with E-state index in [2.05, 4.69) is 15.4 Å². The summed E-state index contributed by atoms with van der Waals surface area (Å²) >= 11 is 1.44. The van der Waals surface area contributed by atoms with Crippen molar-refractivity contribution in [3.05, 3.63) is 47.1 Å². The van der Waals surface area contributed by atoms with Crippen LogP contribution in [0.3, 0.4) is 0 Å². The van der Waals surface area contributed by atoms with Crippen molar-refractivity contribution in [2.45, 2.75) is 24.8 Å². The van der Waals surface area contributed by atoms with Gasteiger partial charge in [-0.1, -0.05) is 16.9 Å². The number of halogens is 1. The molecule has 114 valence electrons. The van der Waals surface area contributed by atoms with Crippen LogP contribution in [0.4, 0.5) is 4.39 Å². The van der Waals surface area contributed by atoms with Crippen LogP contribution in [0, 0.1) is 19.7 Å². The Hall–Kier alpha value is -2.35. The van der Waals surface area contributed by atoms with Gasteiger partial charge >= 0.3 is 0 Å². The van der Waals surface area contributed by atoms with E-state index in [4.69, 9.17) is 10.4 Å². The van der Waals surface area contributed by atoms with Crippen LogP contribution < -0.4 is 5.84 Å². The molecule has 0 spiro atoms. The maximum atomic E-state index is 13.0. The molecule has 2 N–H and O–H groups in total. The van der Waals surface area contributed by atoms with Gasteiger partial charge in [0.1, 0.15) is 11.6 Å². The molecular weight excluding hydrogens is 305 g/mol. The van der Waals surface area contributed by atoms with E-state index < -0.39 is 0 Å². The van der Waals surface area contributed by atoms with Crippen LogP contribution in [0.15, 0.2) is 33.9 Å². The van der Waals surface area contributed by atoms with Crippen LogP contribution in [0.25, 0.3) is 11.4 Å². The molecular formula is C14H14FN5OS. The minimum atomic E-state index is -0.306. The highest BCUT2D eigenvalue weighted by Crippen LogP contribution is 2.26. The van der Waals surface area contributed by atoms with Gasteiger partial charge in [-0.05, 0) is 38.1 Å². The van der Waals surface area contributed by atoms with E-state index in [-0.39, 0.29) is 5.82 Å². The number of aromatic nitrogens is 4. The molecule has 3 rings (SSSR count). The van der Waals surface area contributed by atoms with Gasteiger partial charge in [0.05, 0.1) is 5.69 Å². The largest absolute Gasteiger partial charge is 0.361 e. The molecule has 22 heavy (non-hydrogen) atoms. The molecule has 0 saturated heterocycles. The van der Waals surface area contributed by atoms with Crippen LogP contribution in [0.5, 0.6) is 0 Å². The first-order valence-electron chi connectivity index (χ1n) is 6.57. The molecule has 0 unspecified atom stereocenters. The number of nitrogen functional groups attached to an aromatic ring is 1. The lowest BCUT2D eigenvalue weighted by atomic mass is 10.2. The second-order valence-corrected chi connectivity index (χ2v) is 5.72. The molecule has 3 aromatic rings. The average Bonchev–Trinajstić information content (AvgIpc) is 3.02. The van der Waals surface area contributed by atoms with E-state index in [1.54, 1.807) is 12.1 Å². The molecule has 0 bridgehead atoms. The summed E-state index contributed by atoms with van der Waals surface area (Å²) in [7, 11) is 0. The standard InChI is InChI=1S/C14H14FN5OS/c1-8-12(9(2)21-19-8)7-22-14-18-17-13(20(14)16)10-3-5-11(15)6-4-10/h3-6H,7,16H2,1-2H3. The quantitative estimate of drug-likeness (QED) is 0.588. The van der Waals surface area contributed by atoms with Crippen molar-refractivity contribution in [2.75, 3.05) is 5.84 Å². The van der Waals surface area contributed by atoms with Crippen LogP contribution in [-0.2, 0) is 5.75 Å². The van der Waals surface area contributed by atoms with Gasteiger partial charge in [-0.2, -0.15) is 0 Å². The average molecular weight is 319 g/mol. The number of benzene rings is 1. The second kappa shape index (κ2) is 5.80. The van der Waals surface area contributed by atoms with Crippen molar-refractivity contribution in [1.82, 2.24) is 20.0 Å². The van der Waals surface area contributed by atoms with Crippen LogP contribution in [-0.4, -0.2) is 20.0 Å². The zero-order valence-corrected chi connectivity index (χ0v) is 12.9. The van der Waals surface area contributed by atoms with Gasteiger partial charge in [0.25, 0.3) is 0 Å². The van der Waals surface area contributed by atoms with E-state index in [0.29, 0.717) is 22.3 Å². The zero-order chi connectivity index (χ0) is 15.7. The molecule has 2 aromatic heterocycles. The van der Waals surface area contributed by atoms with Crippen LogP contribution in [0.2, 0.25) is 0 Å². The number of rotatable bonds is 4. The Morgan fingerprint density at radius 1 is 1.23 bits per heavy atom. The molecule has 6 nitrogen and oxygen atoms in total. The Morgan fingerprint density at radius 2 is 1.95 bits per heavy atom. The first-order chi connectivity index (χ1) is 10.6. The minimum Gasteiger partial charge on any atom is -0.361 e. The Labute approximate surface area is 130 Å². The lowest BCUT2D eigenvalue weighted by Gasteiger charge is -2.03. The smallest absolute Gasteiger partial charge is 0.210 e. The first-order valence-corrected chi connectivity index (χ1v) is 7.56. The third-order valence-corrected chi connectivity index (χ3v) is 4.26. The fourth-order valence-corrected chi connectivity index (χ4v) is 3.03. The molecule has 0 aliphatic rings. The van der Waals surface area contributed by atoms with Gasteiger partial charge in [-0.25, -0.2) is 9.07 Å². The van der Waals surface area contributed by atoms with Gasteiger partial charge in [0.2, 0.25) is 5.16 Å². The summed E-state index contributed by atoms with van der Waals surface area (Å²) in [6.07, 6.45) is 0. The number of hydrogen-bond acceptors (Lipinski definition) is 6. The zero-order valence-electron chi connectivity index (χ0n) is 12.1. The lowest BCUT2D eigenvalue weighted by molar-refractivity contribution is 0.392. The van der Waals surface area contributed by atoms with Gasteiger partial charge in [-0.3, -0.25) is 0 Å². The molecule has 0 atom stereocenters. The lowest BCUT2D eigenvalue weighted by Crippen LogP contribution is -2.11. The maximum absolute atomic E-state index is 13.0. The number of nitrogens with zero attached hydrogens (tertiary/aromatic N) is 4. The molecule has 0 aliphatic heterocycles. The highest BCUT2D eigenvalue weighted by atomic mass is 32.2. The number of aryl methyl sites for hydroxylation is 2. The third kappa shape index (κ3) is 2.69. The Morgan fingerprint density at radius 3 is 2.59 bits per heavy atom. The highest BCUT2D eigenvalue weighted by Gasteiger charge is 2.15. The van der Waals surface area contributed by atoms with Crippen molar-refractivity contribution >= 4 is 11.8 Å². The van der Waals surface area contributed by atoms with Crippen LogP contribution in [0.1, 0.15) is 17.0 Å². The van der Waals surface area contributed by atoms with E-state index in [1.165, 1.54) is 28.6 Å². The Balaban J connectivity index is 1.80. The summed E-state index contributed by atoms with van der Waals surface area (Å²) in [5.74, 6) is 7.63. The SMILES string of the molecule is Cc1noc(C)c1CSc1nnc(-c2ccc(F)cc2)n1N. The van der Waals surface area contributed by atoms with Crippen molar-refractivity contribution in [3.8, 4) is 11.4 Å². The van der Waals surface area contributed by atoms with Crippen molar-refractivity contribution in [3.63, 3.8) is 0 Å². The topological polar surface area (TPSA) is 82.8 Å². The fraction of sp³-hybridized carbons (Fsp3) is 0.214. The van der Waals surface area contributed by atoms with Gasteiger partial charge < -0.3 is 10.4 Å². The van der Waals surface area contributed by atoms with Crippen molar-refractivity contribution in [2.24, 2.45) is 0 Å². The highest BCUT2D eigenvalue weighted by molar-refractivity contribution is 7.98.